The van der Waals surface area contributed by atoms with Crippen molar-refractivity contribution in [2.24, 2.45) is 5.92 Å². The molecule has 0 saturated carbocycles. The molecule has 0 aromatic heterocycles. The van der Waals surface area contributed by atoms with Gasteiger partial charge in [0.25, 0.3) is 0 Å². The summed E-state index contributed by atoms with van der Waals surface area (Å²) >= 11 is 0. The topological polar surface area (TPSA) is 125 Å². The van der Waals surface area contributed by atoms with Crippen LogP contribution in [0.3, 0.4) is 0 Å². The van der Waals surface area contributed by atoms with E-state index in [4.69, 9.17) is 18.9 Å². The molecule has 9 nitrogen and oxygen atoms in total. The van der Waals surface area contributed by atoms with Crippen molar-refractivity contribution in [1.82, 2.24) is 0 Å². The van der Waals surface area contributed by atoms with E-state index in [2.05, 4.69) is 13.2 Å². The van der Waals surface area contributed by atoms with E-state index >= 15 is 0 Å². The van der Waals surface area contributed by atoms with Crippen LogP contribution in [0, 0.1) is 5.92 Å². The number of carbonyl (C=O) groups excluding carboxylic acids is 4. The summed E-state index contributed by atoms with van der Waals surface area (Å²) in [5, 5.41) is 9.69. The van der Waals surface area contributed by atoms with E-state index in [0.29, 0.717) is 12.0 Å². The fourth-order valence-electron chi connectivity index (χ4n) is 3.46. The second-order valence-electron chi connectivity index (χ2n) is 7.27. The molecule has 1 fully saturated rings. The molecular formula is C22H26O9. The van der Waals surface area contributed by atoms with Gasteiger partial charge in [-0.15, -0.1) is 0 Å². The monoisotopic (exact) mass is 434 g/mol. The summed E-state index contributed by atoms with van der Waals surface area (Å²) in [5.41, 5.74) is 0.512. The number of allylic oxidation sites excluding steroid dienone is 1. The predicted octanol–water partition coefficient (Wildman–Crippen LogP) is 1.32. The number of hydrogen-bond donors (Lipinski definition) is 1. The highest BCUT2D eigenvalue weighted by molar-refractivity contribution is 5.93. The molecule has 1 saturated heterocycles. The van der Waals surface area contributed by atoms with E-state index < -0.39 is 48.1 Å². The molecule has 0 amide bonds. The number of fused-ring (bicyclic) bond motifs is 1. The number of aliphatic hydroxyl groups is 1. The maximum absolute atomic E-state index is 12.6. The van der Waals surface area contributed by atoms with Crippen molar-refractivity contribution in [1.29, 1.82) is 0 Å². The van der Waals surface area contributed by atoms with Crippen LogP contribution in [0.25, 0.3) is 0 Å². The van der Waals surface area contributed by atoms with Crippen LogP contribution in [0.4, 0.5) is 0 Å². The number of methoxy groups -OCH3 is 1. The second-order valence-corrected chi connectivity index (χ2v) is 7.27. The normalized spacial score (nSPS) is 29.3. The first-order chi connectivity index (χ1) is 14.6. The maximum Gasteiger partial charge on any atom is 0.337 e. The molecule has 0 aromatic carbocycles. The van der Waals surface area contributed by atoms with Gasteiger partial charge >= 0.3 is 23.9 Å². The summed E-state index contributed by atoms with van der Waals surface area (Å²) in [5.74, 6) is -4.09. The standard InChI is InChI=1S/C22H26O9/c1-11(2)20(25)31-19-17-12(3)21(26)30-16(17)9-14(10-23)7-6-8-15(22(27)28-5)18(19)29-13(4)24/h8-9,16-19,23H,1,3,6-7,10H2,2,4-5H3/b14-9-,15-8+/t16-,17+,18+,19-/m0/s1. The molecule has 0 spiro atoms. The fourth-order valence-corrected chi connectivity index (χ4v) is 3.46. The van der Waals surface area contributed by atoms with Crippen LogP contribution < -0.4 is 0 Å². The van der Waals surface area contributed by atoms with Gasteiger partial charge in [0.1, 0.15) is 6.10 Å². The Morgan fingerprint density at radius 3 is 2.48 bits per heavy atom. The number of hydrogen-bond acceptors (Lipinski definition) is 9. The smallest absolute Gasteiger partial charge is 0.337 e. The van der Waals surface area contributed by atoms with Crippen LogP contribution in [0.15, 0.2) is 47.6 Å². The third-order valence-corrected chi connectivity index (χ3v) is 4.96. The number of ether oxygens (including phenoxy) is 4. The van der Waals surface area contributed by atoms with Gasteiger partial charge < -0.3 is 24.1 Å². The third-order valence-electron chi connectivity index (χ3n) is 4.96. The summed E-state index contributed by atoms with van der Waals surface area (Å²) in [6.07, 6.45) is -0.0297. The molecule has 0 unspecified atom stereocenters. The van der Waals surface area contributed by atoms with E-state index in [1.807, 2.05) is 0 Å². The molecule has 1 aliphatic heterocycles. The first kappa shape index (κ1) is 24.1. The second kappa shape index (κ2) is 10.2. The molecule has 4 atom stereocenters. The minimum absolute atomic E-state index is 0.0278. The number of esters is 4. The molecule has 2 rings (SSSR count). The predicted molar refractivity (Wildman–Crippen MR) is 107 cm³/mol. The summed E-state index contributed by atoms with van der Waals surface area (Å²) in [7, 11) is 1.16. The fraction of sp³-hybridized carbons (Fsp3) is 0.455. The van der Waals surface area contributed by atoms with E-state index in [1.54, 1.807) is 6.08 Å². The molecule has 1 N–H and O–H groups in total. The van der Waals surface area contributed by atoms with Crippen molar-refractivity contribution >= 4 is 23.9 Å². The minimum Gasteiger partial charge on any atom is -0.466 e. The van der Waals surface area contributed by atoms with Gasteiger partial charge in [-0.1, -0.05) is 19.2 Å². The first-order valence-electron chi connectivity index (χ1n) is 9.63. The van der Waals surface area contributed by atoms with Crippen molar-refractivity contribution in [2.75, 3.05) is 13.7 Å². The molecule has 0 aromatic rings. The Hall–Kier alpha value is -3.20. The molecular weight excluding hydrogens is 408 g/mol. The first-order valence-corrected chi connectivity index (χ1v) is 9.63. The van der Waals surface area contributed by atoms with Crippen LogP contribution in [0.5, 0.6) is 0 Å². The van der Waals surface area contributed by atoms with Gasteiger partial charge in [-0.05, 0) is 31.4 Å². The van der Waals surface area contributed by atoms with Gasteiger partial charge in [0.05, 0.1) is 25.2 Å². The Balaban J connectivity index is 2.72. The van der Waals surface area contributed by atoms with Crippen LogP contribution >= 0.6 is 0 Å². The number of carbonyl (C=O) groups is 4. The Labute approximate surface area is 180 Å². The van der Waals surface area contributed by atoms with Gasteiger partial charge in [0.2, 0.25) is 0 Å². The summed E-state index contributed by atoms with van der Waals surface area (Å²) in [4.78, 5) is 49.2. The molecule has 1 heterocycles. The zero-order valence-electron chi connectivity index (χ0n) is 17.7. The molecule has 168 valence electrons. The lowest BCUT2D eigenvalue weighted by molar-refractivity contribution is -0.167. The zero-order chi connectivity index (χ0) is 23.3. The average Bonchev–Trinajstić information content (AvgIpc) is 2.99. The van der Waals surface area contributed by atoms with Gasteiger partial charge in [0.15, 0.2) is 12.2 Å². The largest absolute Gasteiger partial charge is 0.466 e. The van der Waals surface area contributed by atoms with Crippen LogP contribution in [0.1, 0.15) is 26.7 Å². The Morgan fingerprint density at radius 2 is 1.94 bits per heavy atom. The highest BCUT2D eigenvalue weighted by Crippen LogP contribution is 2.38. The lowest BCUT2D eigenvalue weighted by atomic mass is 9.83. The van der Waals surface area contributed by atoms with Gasteiger partial charge in [-0.25, -0.2) is 14.4 Å². The third kappa shape index (κ3) is 5.49. The number of aliphatic hydroxyl groups excluding tert-OH is 1. The van der Waals surface area contributed by atoms with Gasteiger partial charge in [-0.3, -0.25) is 4.79 Å². The molecule has 31 heavy (non-hydrogen) atoms. The van der Waals surface area contributed by atoms with Gasteiger partial charge in [-0.2, -0.15) is 0 Å². The Morgan fingerprint density at radius 1 is 1.26 bits per heavy atom. The van der Waals surface area contributed by atoms with Crippen molar-refractivity contribution < 1.29 is 43.2 Å². The van der Waals surface area contributed by atoms with Crippen molar-refractivity contribution in [3.63, 3.8) is 0 Å². The minimum atomic E-state index is -1.39. The van der Waals surface area contributed by atoms with E-state index in [1.165, 1.54) is 13.0 Å². The number of rotatable bonds is 5. The molecule has 9 heteroatoms. The lowest BCUT2D eigenvalue weighted by Crippen LogP contribution is -2.46. The van der Waals surface area contributed by atoms with Crippen molar-refractivity contribution in [2.45, 2.75) is 45.0 Å². The van der Waals surface area contributed by atoms with E-state index in [0.717, 1.165) is 14.0 Å². The average molecular weight is 434 g/mol. The Kier molecular flexibility index (Phi) is 7.93. The SMILES string of the molecule is C=C(C)C(=O)O[C@H]1[C@@H]2C(=C)C(=O)O[C@H]2/C=C(\CO)CC/C=C(/C(=O)OC)[C@H]1OC(C)=O. The van der Waals surface area contributed by atoms with Crippen LogP contribution in [-0.2, 0) is 38.1 Å². The summed E-state index contributed by atoms with van der Waals surface area (Å²) in [6.45, 7) is 9.54. The van der Waals surface area contributed by atoms with Crippen LogP contribution in [-0.4, -0.2) is 61.0 Å². The molecule has 0 bridgehead atoms. The highest BCUT2D eigenvalue weighted by Gasteiger charge is 2.50. The van der Waals surface area contributed by atoms with Gasteiger partial charge in [0, 0.05) is 18.1 Å². The zero-order valence-corrected chi connectivity index (χ0v) is 17.7. The maximum atomic E-state index is 12.6. The van der Waals surface area contributed by atoms with E-state index in [-0.39, 0.29) is 29.7 Å². The molecule has 2 aliphatic rings. The lowest BCUT2D eigenvalue weighted by Gasteiger charge is -2.33. The summed E-state index contributed by atoms with van der Waals surface area (Å²) < 4.78 is 21.2. The van der Waals surface area contributed by atoms with Crippen LogP contribution in [0.2, 0.25) is 0 Å². The Bertz CT molecular complexity index is 864. The van der Waals surface area contributed by atoms with Crippen molar-refractivity contribution in [3.05, 3.63) is 47.6 Å². The summed E-state index contributed by atoms with van der Waals surface area (Å²) in [6, 6.07) is 0. The molecule has 1 aliphatic carbocycles. The van der Waals surface area contributed by atoms with E-state index in [9.17, 15) is 24.3 Å². The highest BCUT2D eigenvalue weighted by atomic mass is 16.6. The quantitative estimate of drug-likeness (QED) is 0.295. The molecule has 0 radical (unpaired) electrons. The van der Waals surface area contributed by atoms with Crippen molar-refractivity contribution in [3.8, 4) is 0 Å².